The van der Waals surface area contributed by atoms with Crippen LogP contribution in [0.1, 0.15) is 76.5 Å². The topological polar surface area (TPSA) is 63.4 Å². The van der Waals surface area contributed by atoms with Gasteiger partial charge in [0.05, 0.1) is 0 Å². The molecule has 1 unspecified atom stereocenters. The van der Waals surface area contributed by atoms with Gasteiger partial charge in [0.25, 0.3) is 0 Å². The normalized spacial score (nSPS) is 20.7. The maximum absolute atomic E-state index is 12.9. The van der Waals surface area contributed by atoms with E-state index >= 15 is 0 Å². The highest BCUT2D eigenvalue weighted by Crippen LogP contribution is 2.48. The van der Waals surface area contributed by atoms with Crippen molar-refractivity contribution in [1.82, 2.24) is 0 Å². The second kappa shape index (κ2) is 9.67. The maximum atomic E-state index is 12.9. The molecule has 2 aliphatic rings. The van der Waals surface area contributed by atoms with Gasteiger partial charge in [0.2, 0.25) is 11.8 Å². The molecular weight excluding hydrogens is 453 g/mol. The Kier molecular flexibility index (Phi) is 7.39. The molecule has 4 rings (SSSR count). The number of amides is 2. The van der Waals surface area contributed by atoms with E-state index in [1.165, 1.54) is 16.7 Å². The van der Waals surface area contributed by atoms with E-state index in [1.807, 2.05) is 4.90 Å². The number of fused-ring (bicyclic) bond motifs is 1. The molecule has 4 nitrogen and oxygen atoms in total. The average molecular weight is 489 g/mol. The molecule has 1 aliphatic heterocycles. The minimum absolute atomic E-state index is 0.0373. The third-order valence-electron chi connectivity index (χ3n) is 6.89. The van der Waals surface area contributed by atoms with Crippen LogP contribution in [0.25, 0.3) is 11.1 Å². The van der Waals surface area contributed by atoms with E-state index in [4.69, 9.17) is 5.73 Å². The van der Waals surface area contributed by atoms with Crippen molar-refractivity contribution in [3.8, 4) is 11.1 Å². The minimum Gasteiger partial charge on any atom is -0.369 e. The van der Waals surface area contributed by atoms with Gasteiger partial charge in [-0.1, -0.05) is 51.1 Å². The van der Waals surface area contributed by atoms with Crippen LogP contribution >= 0.6 is 0 Å². The number of nitrogens with zero attached hydrogens (tertiary/aromatic N) is 1. The lowest BCUT2D eigenvalue weighted by Crippen LogP contribution is -2.45. The molecule has 2 aromatic rings. The van der Waals surface area contributed by atoms with Crippen molar-refractivity contribution in [2.45, 2.75) is 84.4 Å². The number of primary amides is 1. The van der Waals surface area contributed by atoms with Crippen molar-refractivity contribution in [2.75, 3.05) is 4.90 Å². The number of alkyl halides is 3. The van der Waals surface area contributed by atoms with Gasteiger partial charge in [-0.25, -0.2) is 0 Å². The Morgan fingerprint density at radius 2 is 1.83 bits per heavy atom. The molecule has 1 fully saturated rings. The van der Waals surface area contributed by atoms with Crippen LogP contribution in [0.2, 0.25) is 0 Å². The lowest BCUT2D eigenvalue weighted by atomic mass is 9.75. The Labute approximate surface area is 205 Å². The van der Waals surface area contributed by atoms with E-state index in [0.717, 1.165) is 30.2 Å². The molecular formula is C28H35F3N2O2. The van der Waals surface area contributed by atoms with Gasteiger partial charge in [-0.15, -0.1) is 0 Å². The number of anilines is 1. The highest BCUT2D eigenvalue weighted by atomic mass is 19.4. The molecule has 2 atom stereocenters. The monoisotopic (exact) mass is 488 g/mol. The summed E-state index contributed by atoms with van der Waals surface area (Å²) in [5.41, 5.74) is 12.2. The molecule has 1 heterocycles. The van der Waals surface area contributed by atoms with E-state index in [2.05, 4.69) is 71.0 Å². The van der Waals surface area contributed by atoms with Crippen molar-refractivity contribution in [3.63, 3.8) is 0 Å². The summed E-state index contributed by atoms with van der Waals surface area (Å²) in [5, 5.41) is 0. The lowest BCUT2D eigenvalue weighted by Gasteiger charge is -2.41. The molecule has 0 aromatic heterocycles. The second-order valence-corrected chi connectivity index (χ2v) is 10.5. The zero-order valence-electron chi connectivity index (χ0n) is 21.3. The number of nitrogens with two attached hydrogens (primary N) is 1. The van der Waals surface area contributed by atoms with Gasteiger partial charge in [0, 0.05) is 35.9 Å². The van der Waals surface area contributed by atoms with Gasteiger partial charge in [0.1, 0.15) is 0 Å². The van der Waals surface area contributed by atoms with Crippen LogP contribution < -0.4 is 10.6 Å². The fourth-order valence-electron chi connectivity index (χ4n) is 4.82. The highest BCUT2D eigenvalue weighted by Gasteiger charge is 2.43. The third-order valence-corrected chi connectivity index (χ3v) is 6.89. The smallest absolute Gasteiger partial charge is 0.369 e. The molecule has 35 heavy (non-hydrogen) atoms. The van der Waals surface area contributed by atoms with Crippen molar-refractivity contribution in [1.29, 1.82) is 0 Å². The predicted molar refractivity (Wildman–Crippen MR) is 133 cm³/mol. The number of carbonyl (C=O) groups excluding carboxylic acids is 2. The summed E-state index contributed by atoms with van der Waals surface area (Å²) in [5.74, 6) is 0.171. The summed E-state index contributed by atoms with van der Waals surface area (Å²) in [7, 11) is 0. The third kappa shape index (κ3) is 5.88. The zero-order valence-corrected chi connectivity index (χ0v) is 21.3. The number of aryl methyl sites for hydroxylation is 1. The number of carbonyl (C=O) groups is 2. The van der Waals surface area contributed by atoms with Crippen LogP contribution in [0, 0.1) is 12.8 Å². The standard InChI is InChI=1S/C25H30N2O2.C3H5F3/c1-14(2)27-22-12-18(15(3)9-21(22)25(4,5)13-23(27)28)16-7-6-8-17(10-16)19-11-20(19)24(26)29;1-2-3(4,5)6/h6-10,12,14,19-20H,11,13H2,1-5H3,(H2,26,29);2H2,1H3/t19?,20-;/m1./s1. The summed E-state index contributed by atoms with van der Waals surface area (Å²) in [4.78, 5) is 26.3. The number of hydrogen-bond donors (Lipinski definition) is 1. The van der Waals surface area contributed by atoms with Gasteiger partial charge in [-0.05, 0) is 67.0 Å². The lowest BCUT2D eigenvalue weighted by molar-refractivity contribution is -0.130. The van der Waals surface area contributed by atoms with Crippen LogP contribution in [0.3, 0.4) is 0 Å². The summed E-state index contributed by atoms with van der Waals surface area (Å²) in [6.45, 7) is 11.7. The van der Waals surface area contributed by atoms with Gasteiger partial charge < -0.3 is 10.6 Å². The van der Waals surface area contributed by atoms with Gasteiger partial charge in [0.15, 0.2) is 0 Å². The first-order valence-electron chi connectivity index (χ1n) is 12.1. The van der Waals surface area contributed by atoms with Crippen LogP contribution in [-0.4, -0.2) is 24.0 Å². The Balaban J connectivity index is 0.000000509. The Bertz CT molecular complexity index is 1120. The van der Waals surface area contributed by atoms with Gasteiger partial charge in [-0.3, -0.25) is 9.59 Å². The molecule has 0 bridgehead atoms. The first-order chi connectivity index (χ1) is 16.2. The number of hydrogen-bond acceptors (Lipinski definition) is 2. The van der Waals surface area contributed by atoms with E-state index in [0.29, 0.717) is 6.42 Å². The zero-order chi connectivity index (χ0) is 26.3. The van der Waals surface area contributed by atoms with E-state index < -0.39 is 12.6 Å². The fourth-order valence-corrected chi connectivity index (χ4v) is 4.82. The summed E-state index contributed by atoms with van der Waals surface area (Å²) in [6, 6.07) is 13.0. The van der Waals surface area contributed by atoms with E-state index in [1.54, 1.807) is 0 Å². The van der Waals surface area contributed by atoms with Gasteiger partial charge in [-0.2, -0.15) is 13.2 Å². The first-order valence-corrected chi connectivity index (χ1v) is 12.1. The molecule has 2 amide bonds. The van der Waals surface area contributed by atoms with Crippen LogP contribution in [0.4, 0.5) is 18.9 Å². The molecule has 0 radical (unpaired) electrons. The molecule has 1 aliphatic carbocycles. The van der Waals surface area contributed by atoms with Crippen LogP contribution in [0.5, 0.6) is 0 Å². The number of benzene rings is 2. The fraction of sp³-hybridized carbons (Fsp3) is 0.500. The van der Waals surface area contributed by atoms with Crippen molar-refractivity contribution in [3.05, 3.63) is 53.1 Å². The van der Waals surface area contributed by atoms with Crippen molar-refractivity contribution >= 4 is 17.5 Å². The number of rotatable bonds is 4. The summed E-state index contributed by atoms with van der Waals surface area (Å²) >= 11 is 0. The molecule has 0 spiro atoms. The first kappa shape index (κ1) is 26.8. The van der Waals surface area contributed by atoms with Crippen LogP contribution in [0.15, 0.2) is 36.4 Å². The molecule has 190 valence electrons. The Hall–Kier alpha value is -2.83. The minimum atomic E-state index is -3.96. The van der Waals surface area contributed by atoms with Gasteiger partial charge >= 0.3 is 6.18 Å². The largest absolute Gasteiger partial charge is 0.388 e. The molecule has 2 aromatic carbocycles. The van der Waals surface area contributed by atoms with Crippen LogP contribution in [-0.2, 0) is 15.0 Å². The molecule has 2 N–H and O–H groups in total. The number of halogens is 3. The maximum Gasteiger partial charge on any atom is 0.388 e. The average Bonchev–Trinajstić information content (AvgIpc) is 3.55. The quantitative estimate of drug-likeness (QED) is 0.525. The molecule has 7 heteroatoms. The second-order valence-electron chi connectivity index (χ2n) is 10.5. The molecule has 1 saturated carbocycles. The van der Waals surface area contributed by atoms with Crippen molar-refractivity contribution in [2.24, 2.45) is 11.7 Å². The highest BCUT2D eigenvalue weighted by molar-refractivity contribution is 5.99. The Morgan fingerprint density at radius 3 is 2.34 bits per heavy atom. The van der Waals surface area contributed by atoms with E-state index in [-0.39, 0.29) is 35.1 Å². The SMILES string of the molecule is CCC(F)(F)F.Cc1cc2c(cc1-c1cccc(C3C[C@H]3C(N)=O)c1)N(C(C)C)C(=O)CC2(C)C. The summed E-state index contributed by atoms with van der Waals surface area (Å²) in [6.07, 6.45) is -3.32. The van der Waals surface area contributed by atoms with E-state index in [9.17, 15) is 22.8 Å². The summed E-state index contributed by atoms with van der Waals surface area (Å²) < 4.78 is 32.4. The Morgan fingerprint density at radius 1 is 1.20 bits per heavy atom. The predicted octanol–water partition coefficient (Wildman–Crippen LogP) is 6.63. The molecule has 0 saturated heterocycles. The van der Waals surface area contributed by atoms with Crippen molar-refractivity contribution < 1.29 is 22.8 Å².